The van der Waals surface area contributed by atoms with E-state index in [1.807, 2.05) is 0 Å². The van der Waals surface area contributed by atoms with E-state index < -0.39 is 33.5 Å². The second kappa shape index (κ2) is 9.20. The minimum Gasteiger partial charge on any atom is -0.507 e. The largest absolute Gasteiger partial charge is 0.507 e. The maximum atomic E-state index is 13.2. The van der Waals surface area contributed by atoms with Crippen LogP contribution in [0.25, 0.3) is 5.76 Å². The second-order valence-electron chi connectivity index (χ2n) is 7.53. The molecule has 2 heterocycles. The number of rotatable bonds is 6. The minimum atomic E-state index is -3.97. The smallest absolute Gasteiger partial charge is 0.300 e. The summed E-state index contributed by atoms with van der Waals surface area (Å²) in [6.45, 7) is 0. The van der Waals surface area contributed by atoms with Crippen molar-refractivity contribution >= 4 is 33.2 Å². The molecule has 4 rings (SSSR count). The van der Waals surface area contributed by atoms with Gasteiger partial charge >= 0.3 is 0 Å². The molecule has 0 bridgehead atoms. The van der Waals surface area contributed by atoms with Gasteiger partial charge < -0.3 is 14.6 Å². The molecule has 0 saturated carbocycles. The molecular formula is C24H21N3O7S. The molecule has 1 atom stereocenters. The Labute approximate surface area is 201 Å². The highest BCUT2D eigenvalue weighted by Crippen LogP contribution is 2.43. The van der Waals surface area contributed by atoms with E-state index in [0.29, 0.717) is 11.4 Å². The van der Waals surface area contributed by atoms with E-state index >= 15 is 0 Å². The first-order valence-corrected chi connectivity index (χ1v) is 11.8. The van der Waals surface area contributed by atoms with Gasteiger partial charge in [0.15, 0.2) is 0 Å². The van der Waals surface area contributed by atoms with Crippen LogP contribution in [0.3, 0.4) is 0 Å². The van der Waals surface area contributed by atoms with Crippen LogP contribution in [0.2, 0.25) is 0 Å². The van der Waals surface area contributed by atoms with Crippen molar-refractivity contribution in [3.8, 4) is 11.5 Å². The first-order chi connectivity index (χ1) is 16.7. The van der Waals surface area contributed by atoms with E-state index in [2.05, 4.69) is 4.98 Å². The maximum Gasteiger partial charge on any atom is 0.300 e. The number of amides is 1. The first kappa shape index (κ1) is 23.9. The fraction of sp³-hybridized carbons (Fsp3) is 0.125. The number of hydrogen-bond acceptors (Lipinski definition) is 8. The fourth-order valence-corrected chi connectivity index (χ4v) is 4.37. The number of nitrogens with zero attached hydrogens (tertiary/aromatic N) is 2. The van der Waals surface area contributed by atoms with Crippen molar-refractivity contribution in [1.82, 2.24) is 4.98 Å². The van der Waals surface area contributed by atoms with Gasteiger partial charge in [-0.2, -0.15) is 0 Å². The highest BCUT2D eigenvalue weighted by molar-refractivity contribution is 7.89. The van der Waals surface area contributed by atoms with Crippen LogP contribution >= 0.6 is 0 Å². The Bertz CT molecular complexity index is 1440. The van der Waals surface area contributed by atoms with Crippen molar-refractivity contribution in [1.29, 1.82) is 0 Å². The van der Waals surface area contributed by atoms with E-state index in [4.69, 9.17) is 14.6 Å². The Balaban J connectivity index is 1.95. The zero-order chi connectivity index (χ0) is 25.3. The number of carbonyl (C=O) groups excluding carboxylic acids is 2. The van der Waals surface area contributed by atoms with Gasteiger partial charge in [-0.3, -0.25) is 19.5 Å². The lowest BCUT2D eigenvalue weighted by molar-refractivity contribution is -0.132. The van der Waals surface area contributed by atoms with E-state index in [9.17, 15) is 23.1 Å². The fourth-order valence-electron chi connectivity index (χ4n) is 3.86. The molecule has 180 valence electrons. The number of sulfonamides is 1. The lowest BCUT2D eigenvalue weighted by Crippen LogP contribution is -2.29. The summed E-state index contributed by atoms with van der Waals surface area (Å²) >= 11 is 0. The number of pyridine rings is 1. The van der Waals surface area contributed by atoms with E-state index in [0.717, 1.165) is 4.90 Å². The van der Waals surface area contributed by atoms with Gasteiger partial charge in [0.05, 0.1) is 35.9 Å². The number of aromatic nitrogens is 1. The van der Waals surface area contributed by atoms with Crippen molar-refractivity contribution < 1.29 is 32.6 Å². The minimum absolute atomic E-state index is 0.148. The summed E-state index contributed by atoms with van der Waals surface area (Å²) in [7, 11) is -1.11. The number of ketones is 1. The highest BCUT2D eigenvalue weighted by Gasteiger charge is 2.48. The maximum absolute atomic E-state index is 13.2. The first-order valence-electron chi connectivity index (χ1n) is 10.2. The third kappa shape index (κ3) is 4.34. The number of hydrogen-bond donors (Lipinski definition) is 2. The number of Topliss-reactive ketones (excluding diaryl/α,β-unsaturated/α-hetero) is 1. The molecule has 3 N–H and O–H groups in total. The summed E-state index contributed by atoms with van der Waals surface area (Å²) in [5.41, 5.74) is 0.462. The van der Waals surface area contributed by atoms with Gasteiger partial charge in [0.2, 0.25) is 10.0 Å². The molecule has 1 amide bonds. The van der Waals surface area contributed by atoms with Crippen molar-refractivity contribution in [3.05, 3.63) is 83.7 Å². The molecule has 11 heteroatoms. The Hall–Kier alpha value is -4.22. The summed E-state index contributed by atoms with van der Waals surface area (Å²) in [6.07, 6.45) is 1.49. The van der Waals surface area contributed by atoms with E-state index in [1.54, 1.807) is 30.3 Å². The SMILES string of the molecule is COc1ccc(OC)c(/C(O)=C2\C(=O)C(=O)N(c3ccc(S(N)(=O)=O)cc3)C2c2ccccn2)c1. The quantitative estimate of drug-likeness (QED) is 0.301. The van der Waals surface area contributed by atoms with Gasteiger partial charge in [-0.25, -0.2) is 13.6 Å². The zero-order valence-corrected chi connectivity index (χ0v) is 19.5. The molecule has 1 fully saturated rings. The zero-order valence-electron chi connectivity index (χ0n) is 18.7. The number of benzene rings is 2. The normalized spacial score (nSPS) is 17.5. The number of aliphatic hydroxyl groups excluding tert-OH is 1. The predicted molar refractivity (Wildman–Crippen MR) is 126 cm³/mol. The molecular weight excluding hydrogens is 474 g/mol. The summed E-state index contributed by atoms with van der Waals surface area (Å²) in [6, 6.07) is 13.7. The summed E-state index contributed by atoms with van der Waals surface area (Å²) < 4.78 is 33.9. The molecule has 0 spiro atoms. The third-order valence-electron chi connectivity index (χ3n) is 5.52. The third-order valence-corrected chi connectivity index (χ3v) is 6.45. The molecule has 2 aromatic carbocycles. The molecule has 1 saturated heterocycles. The van der Waals surface area contributed by atoms with Gasteiger partial charge in [0.25, 0.3) is 11.7 Å². The van der Waals surface area contributed by atoms with Crippen LogP contribution in [-0.4, -0.2) is 44.4 Å². The van der Waals surface area contributed by atoms with Crippen molar-refractivity contribution in [2.45, 2.75) is 10.9 Å². The van der Waals surface area contributed by atoms with Gasteiger partial charge in [0, 0.05) is 11.9 Å². The van der Waals surface area contributed by atoms with E-state index in [1.165, 1.54) is 50.7 Å². The number of carbonyl (C=O) groups is 2. The molecule has 35 heavy (non-hydrogen) atoms. The molecule has 0 aliphatic carbocycles. The van der Waals surface area contributed by atoms with Gasteiger partial charge in [0.1, 0.15) is 23.3 Å². The van der Waals surface area contributed by atoms with Gasteiger partial charge in [-0.15, -0.1) is 0 Å². The van der Waals surface area contributed by atoms with Crippen molar-refractivity contribution in [2.75, 3.05) is 19.1 Å². The Kier molecular flexibility index (Phi) is 6.29. The second-order valence-corrected chi connectivity index (χ2v) is 9.09. The van der Waals surface area contributed by atoms with Crippen molar-refractivity contribution in [3.63, 3.8) is 0 Å². The average Bonchev–Trinajstić information content (AvgIpc) is 3.13. The van der Waals surface area contributed by atoms with Gasteiger partial charge in [-0.05, 0) is 54.6 Å². The summed E-state index contributed by atoms with van der Waals surface area (Å²) in [5.74, 6) is -1.69. The molecule has 10 nitrogen and oxygen atoms in total. The molecule has 1 aliphatic heterocycles. The topological polar surface area (TPSA) is 149 Å². The number of anilines is 1. The standard InChI is InChI=1S/C24H21N3O7S/c1-33-15-8-11-19(34-2)17(13-15)22(28)20-21(18-5-3-4-12-26-18)27(24(30)23(20)29)14-6-9-16(10-7-14)35(25,31)32/h3-13,21,28H,1-2H3,(H2,25,31,32)/b22-20+. The van der Waals surface area contributed by atoms with Crippen molar-refractivity contribution in [2.24, 2.45) is 5.14 Å². The molecule has 1 aliphatic rings. The number of methoxy groups -OCH3 is 2. The van der Waals surface area contributed by atoms with Crippen LogP contribution < -0.4 is 19.5 Å². The summed E-state index contributed by atoms with van der Waals surface area (Å²) in [5, 5.41) is 16.5. The molecule has 3 aromatic rings. The average molecular weight is 496 g/mol. The van der Waals surface area contributed by atoms with Gasteiger partial charge in [-0.1, -0.05) is 6.07 Å². The Morgan fingerprint density at radius 1 is 1.03 bits per heavy atom. The van der Waals surface area contributed by atoms with E-state index in [-0.39, 0.29) is 27.5 Å². The lowest BCUT2D eigenvalue weighted by atomic mass is 9.97. The monoisotopic (exact) mass is 495 g/mol. The lowest BCUT2D eigenvalue weighted by Gasteiger charge is -2.25. The highest BCUT2D eigenvalue weighted by atomic mass is 32.2. The van der Waals surface area contributed by atoms with Crippen LogP contribution in [0, 0.1) is 0 Å². The van der Waals surface area contributed by atoms with Crippen LogP contribution in [0.4, 0.5) is 5.69 Å². The molecule has 1 aromatic heterocycles. The number of nitrogens with two attached hydrogens (primary N) is 1. The molecule has 1 unspecified atom stereocenters. The van der Waals surface area contributed by atoms with Crippen LogP contribution in [0.1, 0.15) is 17.3 Å². The number of primary sulfonamides is 1. The number of aliphatic hydroxyl groups is 1. The Morgan fingerprint density at radius 2 is 1.74 bits per heavy atom. The van der Waals surface area contributed by atoms with Crippen LogP contribution in [0.15, 0.2) is 77.3 Å². The number of ether oxygens (including phenoxy) is 2. The summed E-state index contributed by atoms with van der Waals surface area (Å²) in [4.78, 5) is 31.7. The Morgan fingerprint density at radius 3 is 2.31 bits per heavy atom. The van der Waals surface area contributed by atoms with Crippen LogP contribution in [0.5, 0.6) is 11.5 Å². The predicted octanol–water partition coefficient (Wildman–Crippen LogP) is 2.37. The molecule has 0 radical (unpaired) electrons. The van der Waals surface area contributed by atoms with Crippen LogP contribution in [-0.2, 0) is 19.6 Å².